The summed E-state index contributed by atoms with van der Waals surface area (Å²) in [6.45, 7) is 4.65. The molecule has 0 aromatic heterocycles. The molecular formula is C16H22FNO2. The van der Waals surface area contributed by atoms with Crippen LogP contribution in [0.3, 0.4) is 0 Å². The average Bonchev–Trinajstić information content (AvgIpc) is 2.45. The van der Waals surface area contributed by atoms with Crippen LogP contribution in [-0.4, -0.2) is 43.0 Å². The number of hydrogen-bond donors (Lipinski definition) is 0. The lowest BCUT2D eigenvalue weighted by atomic mass is 9.94. The molecule has 0 N–H and O–H groups in total. The molecule has 1 aliphatic heterocycles. The molecule has 1 aliphatic rings. The molecule has 1 atom stereocenters. The fraction of sp³-hybridized carbons (Fsp3) is 0.562. The zero-order valence-corrected chi connectivity index (χ0v) is 12.2. The number of piperidine rings is 1. The maximum atomic E-state index is 13.1. The Morgan fingerprint density at radius 3 is 3.00 bits per heavy atom. The number of carbonyl (C=O) groups excluding carboxylic acids is 1. The minimum absolute atomic E-state index is 0.00538. The monoisotopic (exact) mass is 279 g/mol. The smallest absolute Gasteiger partial charge is 0.164 e. The fourth-order valence-corrected chi connectivity index (χ4v) is 2.73. The van der Waals surface area contributed by atoms with Gasteiger partial charge in [0.05, 0.1) is 5.60 Å². The first-order valence-electron chi connectivity index (χ1n) is 7.09. The van der Waals surface area contributed by atoms with Gasteiger partial charge in [0.25, 0.3) is 0 Å². The van der Waals surface area contributed by atoms with E-state index in [-0.39, 0.29) is 17.2 Å². The minimum atomic E-state index is -0.360. The van der Waals surface area contributed by atoms with Gasteiger partial charge in [0.1, 0.15) is 5.82 Å². The first kappa shape index (κ1) is 15.1. The number of carbonyl (C=O) groups is 1. The normalized spacial score (nSPS) is 23.8. The van der Waals surface area contributed by atoms with E-state index in [2.05, 4.69) is 11.8 Å². The largest absolute Gasteiger partial charge is 0.377 e. The molecule has 3 nitrogen and oxygen atoms in total. The summed E-state index contributed by atoms with van der Waals surface area (Å²) in [5.41, 5.74) is 0.344. The lowest BCUT2D eigenvalue weighted by Crippen LogP contribution is -2.47. The maximum absolute atomic E-state index is 13.1. The highest BCUT2D eigenvalue weighted by Gasteiger charge is 2.30. The molecule has 1 aromatic rings. The van der Waals surface area contributed by atoms with E-state index in [1.165, 1.54) is 12.1 Å². The molecule has 4 heteroatoms. The third-order valence-corrected chi connectivity index (χ3v) is 4.03. The molecule has 1 saturated heterocycles. The third kappa shape index (κ3) is 3.87. The molecule has 0 radical (unpaired) electrons. The van der Waals surface area contributed by atoms with E-state index in [4.69, 9.17) is 4.74 Å². The van der Waals surface area contributed by atoms with Crippen LogP contribution in [0.5, 0.6) is 0 Å². The second-order valence-electron chi connectivity index (χ2n) is 5.72. The van der Waals surface area contributed by atoms with E-state index in [0.717, 1.165) is 25.9 Å². The van der Waals surface area contributed by atoms with Crippen LogP contribution in [0.15, 0.2) is 24.3 Å². The fourth-order valence-electron chi connectivity index (χ4n) is 2.73. The quantitative estimate of drug-likeness (QED) is 0.776. The summed E-state index contributed by atoms with van der Waals surface area (Å²) in [5.74, 6) is -0.366. The third-order valence-electron chi connectivity index (χ3n) is 4.03. The molecular weight excluding hydrogens is 257 g/mol. The molecule has 110 valence electrons. The molecule has 0 aliphatic carbocycles. The van der Waals surface area contributed by atoms with Crippen molar-refractivity contribution in [2.45, 2.75) is 31.8 Å². The van der Waals surface area contributed by atoms with Gasteiger partial charge in [0.15, 0.2) is 5.78 Å². The van der Waals surface area contributed by atoms with E-state index >= 15 is 0 Å². The number of ether oxygens (including phenoxy) is 1. The summed E-state index contributed by atoms with van der Waals surface area (Å²) in [7, 11) is 1.74. The highest BCUT2D eigenvalue weighted by Crippen LogP contribution is 2.24. The molecule has 1 unspecified atom stereocenters. The standard InChI is InChI=1S/C16H22FNO2/c1-16(20-2)8-4-9-18(12-16)10-7-15(19)13-5-3-6-14(17)11-13/h3,5-6,11H,4,7-10,12H2,1-2H3. The van der Waals surface area contributed by atoms with Crippen molar-refractivity contribution in [1.82, 2.24) is 4.90 Å². The van der Waals surface area contributed by atoms with E-state index in [1.54, 1.807) is 19.2 Å². The Hall–Kier alpha value is -1.26. The van der Waals surface area contributed by atoms with Crippen LogP contribution in [0, 0.1) is 5.82 Å². The van der Waals surface area contributed by atoms with Crippen molar-refractivity contribution in [2.24, 2.45) is 0 Å². The highest BCUT2D eigenvalue weighted by molar-refractivity contribution is 5.96. The Bertz CT molecular complexity index is 477. The van der Waals surface area contributed by atoms with Crippen molar-refractivity contribution in [3.8, 4) is 0 Å². The number of Topliss-reactive ketones (excluding diaryl/α,β-unsaturated/α-hetero) is 1. The Labute approximate surface area is 119 Å². The second-order valence-corrected chi connectivity index (χ2v) is 5.72. The predicted molar refractivity (Wildman–Crippen MR) is 76.4 cm³/mol. The summed E-state index contributed by atoms with van der Waals surface area (Å²) in [6.07, 6.45) is 2.56. The van der Waals surface area contributed by atoms with Crippen LogP contribution in [0.2, 0.25) is 0 Å². The zero-order chi connectivity index (χ0) is 14.6. The first-order chi connectivity index (χ1) is 9.52. The number of rotatable bonds is 5. The molecule has 2 rings (SSSR count). The topological polar surface area (TPSA) is 29.5 Å². The van der Waals surface area contributed by atoms with Crippen molar-refractivity contribution in [1.29, 1.82) is 0 Å². The van der Waals surface area contributed by atoms with Gasteiger partial charge in [-0.15, -0.1) is 0 Å². The van der Waals surface area contributed by atoms with Gasteiger partial charge in [-0.05, 0) is 38.4 Å². The van der Waals surface area contributed by atoms with Gasteiger partial charge in [-0.1, -0.05) is 12.1 Å². The van der Waals surface area contributed by atoms with Crippen LogP contribution in [-0.2, 0) is 4.74 Å². The molecule has 0 saturated carbocycles. The van der Waals surface area contributed by atoms with Gasteiger partial charge in [-0.25, -0.2) is 4.39 Å². The summed E-state index contributed by atoms with van der Waals surface area (Å²) in [4.78, 5) is 14.3. The first-order valence-corrected chi connectivity index (χ1v) is 7.09. The van der Waals surface area contributed by atoms with E-state index in [0.29, 0.717) is 18.5 Å². The van der Waals surface area contributed by atoms with Crippen molar-refractivity contribution in [2.75, 3.05) is 26.7 Å². The van der Waals surface area contributed by atoms with Crippen LogP contribution in [0.1, 0.15) is 36.5 Å². The Morgan fingerprint density at radius 1 is 1.50 bits per heavy atom. The van der Waals surface area contributed by atoms with Crippen molar-refractivity contribution in [3.05, 3.63) is 35.6 Å². The van der Waals surface area contributed by atoms with Crippen LogP contribution >= 0.6 is 0 Å². The number of methoxy groups -OCH3 is 1. The predicted octanol–water partition coefficient (Wildman–Crippen LogP) is 2.90. The van der Waals surface area contributed by atoms with E-state index < -0.39 is 0 Å². The Morgan fingerprint density at radius 2 is 2.30 bits per heavy atom. The highest BCUT2D eigenvalue weighted by atomic mass is 19.1. The molecule has 0 bridgehead atoms. The van der Waals surface area contributed by atoms with Gasteiger partial charge in [-0.3, -0.25) is 4.79 Å². The minimum Gasteiger partial charge on any atom is -0.377 e. The molecule has 0 amide bonds. The number of hydrogen-bond acceptors (Lipinski definition) is 3. The van der Waals surface area contributed by atoms with Gasteiger partial charge < -0.3 is 9.64 Å². The van der Waals surface area contributed by atoms with Gasteiger partial charge in [0, 0.05) is 32.2 Å². The number of ketones is 1. The van der Waals surface area contributed by atoms with Crippen molar-refractivity contribution in [3.63, 3.8) is 0 Å². The SMILES string of the molecule is COC1(C)CCCN(CCC(=O)c2cccc(F)c2)C1. The lowest BCUT2D eigenvalue weighted by Gasteiger charge is -2.39. The Kier molecular flexibility index (Phi) is 4.89. The zero-order valence-electron chi connectivity index (χ0n) is 12.2. The number of likely N-dealkylation sites (tertiary alicyclic amines) is 1. The van der Waals surface area contributed by atoms with E-state index in [1.807, 2.05) is 0 Å². The summed E-state index contributed by atoms with van der Waals surface area (Å²) in [5, 5.41) is 0. The molecule has 1 aromatic carbocycles. The van der Waals surface area contributed by atoms with Crippen molar-refractivity contribution >= 4 is 5.78 Å². The Balaban J connectivity index is 1.87. The van der Waals surface area contributed by atoms with Gasteiger partial charge >= 0.3 is 0 Å². The van der Waals surface area contributed by atoms with Gasteiger partial charge in [-0.2, -0.15) is 0 Å². The summed E-state index contributed by atoms with van der Waals surface area (Å²) >= 11 is 0. The summed E-state index contributed by atoms with van der Waals surface area (Å²) < 4.78 is 18.6. The lowest BCUT2D eigenvalue weighted by molar-refractivity contribution is -0.0503. The number of benzene rings is 1. The number of halogens is 1. The average molecular weight is 279 g/mol. The molecule has 1 heterocycles. The molecule has 1 fully saturated rings. The van der Waals surface area contributed by atoms with Crippen LogP contribution < -0.4 is 0 Å². The maximum Gasteiger partial charge on any atom is 0.164 e. The summed E-state index contributed by atoms with van der Waals surface area (Å²) in [6, 6.07) is 5.90. The van der Waals surface area contributed by atoms with Crippen LogP contribution in [0.4, 0.5) is 4.39 Å². The molecule has 20 heavy (non-hydrogen) atoms. The van der Waals surface area contributed by atoms with Gasteiger partial charge in [0.2, 0.25) is 0 Å². The van der Waals surface area contributed by atoms with Crippen LogP contribution in [0.25, 0.3) is 0 Å². The molecule has 0 spiro atoms. The number of nitrogens with zero attached hydrogens (tertiary/aromatic N) is 1. The second kappa shape index (κ2) is 6.46. The van der Waals surface area contributed by atoms with E-state index in [9.17, 15) is 9.18 Å². The van der Waals surface area contributed by atoms with Crippen molar-refractivity contribution < 1.29 is 13.9 Å².